The molecule has 1 saturated heterocycles. The fourth-order valence-electron chi connectivity index (χ4n) is 7.56. The first-order valence-electron chi connectivity index (χ1n) is 15.0. The average molecular weight is 569 g/mol. The highest BCUT2D eigenvalue weighted by atomic mass is 16.4. The first-order valence-corrected chi connectivity index (χ1v) is 15.0. The third kappa shape index (κ3) is 5.14. The van der Waals surface area contributed by atoms with Crippen LogP contribution in [0.15, 0.2) is 59.4 Å². The van der Waals surface area contributed by atoms with E-state index in [1.54, 1.807) is 0 Å². The van der Waals surface area contributed by atoms with E-state index in [0.717, 1.165) is 48.6 Å². The van der Waals surface area contributed by atoms with E-state index in [-0.39, 0.29) is 0 Å². The van der Waals surface area contributed by atoms with Crippen molar-refractivity contribution < 1.29 is 15.0 Å². The van der Waals surface area contributed by atoms with E-state index in [4.69, 9.17) is 0 Å². The monoisotopic (exact) mass is 568 g/mol. The molecule has 2 fully saturated rings. The van der Waals surface area contributed by atoms with Crippen molar-refractivity contribution in [3.63, 3.8) is 0 Å². The zero-order valence-corrected chi connectivity index (χ0v) is 24.6. The molecule has 1 saturated carbocycles. The number of carbonyl (C=O) groups is 1. The normalized spacial score (nSPS) is 20.8. The maximum absolute atomic E-state index is 12.5. The number of aromatic carboxylic acids is 1. The van der Waals surface area contributed by atoms with E-state index >= 15 is 0 Å². The highest BCUT2D eigenvalue weighted by Crippen LogP contribution is 2.40. The summed E-state index contributed by atoms with van der Waals surface area (Å²) in [6, 6.07) is 19.6. The zero-order valence-electron chi connectivity index (χ0n) is 24.6. The summed E-state index contributed by atoms with van der Waals surface area (Å²) in [6.45, 7) is 5.94. The van der Waals surface area contributed by atoms with Gasteiger partial charge in [-0.15, -0.1) is 0 Å². The molecule has 3 atom stereocenters. The zero-order chi connectivity index (χ0) is 29.5. The van der Waals surface area contributed by atoms with Gasteiger partial charge >= 0.3 is 5.97 Å². The molecule has 1 aliphatic heterocycles. The van der Waals surface area contributed by atoms with Crippen molar-refractivity contribution in [2.45, 2.75) is 51.7 Å². The Hall–Kier alpha value is -3.88. The van der Waals surface area contributed by atoms with Gasteiger partial charge in [0.05, 0.1) is 5.69 Å². The van der Waals surface area contributed by atoms with Crippen molar-refractivity contribution in [2.24, 2.45) is 18.9 Å². The Balaban J connectivity index is 1.22. The Morgan fingerprint density at radius 2 is 1.88 bits per heavy atom. The largest absolute Gasteiger partial charge is 0.506 e. The van der Waals surface area contributed by atoms with Gasteiger partial charge in [-0.25, -0.2) is 4.79 Å². The number of nitrogens with zero attached hydrogens (tertiary/aromatic N) is 3. The summed E-state index contributed by atoms with van der Waals surface area (Å²) in [7, 11) is 4.39. The summed E-state index contributed by atoms with van der Waals surface area (Å²) in [4.78, 5) is 32.0. The van der Waals surface area contributed by atoms with Crippen LogP contribution in [0.5, 0.6) is 5.75 Å². The highest BCUT2D eigenvalue weighted by molar-refractivity contribution is 5.92. The lowest BCUT2D eigenvalue weighted by molar-refractivity contribution is 0.0691. The maximum atomic E-state index is 12.5. The molecule has 220 valence electrons. The Bertz CT molecular complexity index is 1670. The minimum Gasteiger partial charge on any atom is -0.506 e. The number of aromatic nitrogens is 2. The number of likely N-dealkylation sites (tertiary alicyclic amines) is 1. The predicted molar refractivity (Wildman–Crippen MR) is 165 cm³/mol. The van der Waals surface area contributed by atoms with Crippen LogP contribution >= 0.6 is 0 Å². The average Bonchev–Trinajstić information content (AvgIpc) is 3.52. The molecule has 42 heavy (non-hydrogen) atoms. The van der Waals surface area contributed by atoms with Crippen LogP contribution in [-0.4, -0.2) is 61.7 Å². The van der Waals surface area contributed by atoms with Crippen LogP contribution in [-0.2, 0) is 26.6 Å². The first-order chi connectivity index (χ1) is 20.2. The number of aromatic amines is 1. The molecule has 6 rings (SSSR count). The molecular weight excluding hydrogens is 528 g/mol. The highest BCUT2D eigenvalue weighted by Gasteiger charge is 2.41. The Morgan fingerprint density at radius 1 is 1.10 bits per heavy atom. The van der Waals surface area contributed by atoms with Crippen LogP contribution in [0.2, 0.25) is 0 Å². The predicted octanol–water partition coefficient (Wildman–Crippen LogP) is 5.23. The van der Waals surface area contributed by atoms with Crippen molar-refractivity contribution in [1.82, 2.24) is 19.4 Å². The van der Waals surface area contributed by atoms with E-state index in [1.807, 2.05) is 25.1 Å². The lowest BCUT2D eigenvalue weighted by Gasteiger charge is -2.39. The second-order valence-corrected chi connectivity index (χ2v) is 12.2. The Kier molecular flexibility index (Phi) is 7.68. The van der Waals surface area contributed by atoms with Crippen molar-refractivity contribution >= 4 is 16.9 Å². The number of benzene rings is 2. The molecule has 0 amide bonds. The van der Waals surface area contributed by atoms with Gasteiger partial charge in [0, 0.05) is 61.4 Å². The SMILES string of the molecule is CCc1c(-c2ccc3c(c2)cc(CN2C[C@H]4CCC[C@@H](N(C)Cc5ccccc5)[C@H]4C2)n3C)[nH]c(=O)c(C(=O)O)c1O. The van der Waals surface area contributed by atoms with Gasteiger partial charge in [0.15, 0.2) is 5.56 Å². The first kappa shape index (κ1) is 28.2. The Labute approximate surface area is 246 Å². The fourth-order valence-corrected chi connectivity index (χ4v) is 7.56. The number of pyridine rings is 1. The molecular formula is C34H40N4O4. The topological polar surface area (TPSA) is 102 Å². The molecule has 4 aromatic rings. The molecule has 0 radical (unpaired) electrons. The lowest BCUT2D eigenvalue weighted by atomic mass is 9.77. The lowest BCUT2D eigenvalue weighted by Crippen LogP contribution is -2.43. The molecule has 1 aliphatic carbocycles. The second-order valence-electron chi connectivity index (χ2n) is 12.2. The van der Waals surface area contributed by atoms with E-state index in [0.29, 0.717) is 29.6 Å². The van der Waals surface area contributed by atoms with Crippen LogP contribution in [0.1, 0.15) is 53.4 Å². The number of nitrogens with one attached hydrogen (secondary N) is 1. The van der Waals surface area contributed by atoms with Gasteiger partial charge in [-0.3, -0.25) is 14.6 Å². The van der Waals surface area contributed by atoms with E-state index in [1.165, 1.54) is 30.5 Å². The van der Waals surface area contributed by atoms with Crippen LogP contribution < -0.4 is 5.56 Å². The van der Waals surface area contributed by atoms with Gasteiger partial charge in [0.25, 0.3) is 5.56 Å². The Morgan fingerprint density at radius 3 is 2.62 bits per heavy atom. The number of fused-ring (bicyclic) bond motifs is 2. The number of carboxylic acids is 1. The molecule has 3 N–H and O–H groups in total. The summed E-state index contributed by atoms with van der Waals surface area (Å²) < 4.78 is 2.24. The van der Waals surface area contributed by atoms with Gasteiger partial charge in [0.2, 0.25) is 0 Å². The summed E-state index contributed by atoms with van der Waals surface area (Å²) in [5, 5.41) is 21.1. The molecule has 2 aromatic heterocycles. The minimum absolute atomic E-state index is 0.384. The number of H-pyrrole nitrogens is 1. The van der Waals surface area contributed by atoms with Gasteiger partial charge < -0.3 is 19.8 Å². The van der Waals surface area contributed by atoms with Crippen molar-refractivity contribution in [2.75, 3.05) is 20.1 Å². The quantitative estimate of drug-likeness (QED) is 0.269. The standard InChI is InChI=1S/C34H40N4O4/c1-4-26-31(35-33(40)30(32(26)39)34(41)42)22-13-14-28-24(15-22)16-25(37(28)3)19-38-18-23-11-8-12-29(27(23)20-38)36(2)17-21-9-6-5-7-10-21/h5-7,9-10,13-16,23,27,29H,4,8,11-12,17-20H2,1-3H3,(H,41,42)(H2,35,39,40)/t23-,27+,29-/m1/s1. The van der Waals surface area contributed by atoms with E-state index in [2.05, 4.69) is 69.8 Å². The summed E-state index contributed by atoms with van der Waals surface area (Å²) in [6.07, 6.45) is 4.25. The summed E-state index contributed by atoms with van der Waals surface area (Å²) >= 11 is 0. The van der Waals surface area contributed by atoms with Gasteiger partial charge in [0.1, 0.15) is 5.75 Å². The van der Waals surface area contributed by atoms with Crippen LogP contribution in [0, 0.1) is 11.8 Å². The van der Waals surface area contributed by atoms with Crippen molar-refractivity contribution in [1.29, 1.82) is 0 Å². The smallest absolute Gasteiger partial charge is 0.345 e. The minimum atomic E-state index is -1.44. The molecule has 3 heterocycles. The number of carboxylic acid groups (broad SMARTS) is 1. The molecule has 0 unspecified atom stereocenters. The fraction of sp³-hybridized carbons (Fsp3) is 0.412. The number of rotatable bonds is 8. The number of hydrogen-bond acceptors (Lipinski definition) is 5. The van der Waals surface area contributed by atoms with E-state index in [9.17, 15) is 19.8 Å². The molecule has 2 aliphatic rings. The summed E-state index contributed by atoms with van der Waals surface area (Å²) in [5.41, 5.74) is 3.93. The number of aromatic hydroxyl groups is 1. The molecule has 2 aromatic carbocycles. The molecule has 8 heteroatoms. The number of aryl methyl sites for hydroxylation is 1. The molecule has 8 nitrogen and oxygen atoms in total. The van der Waals surface area contributed by atoms with Crippen LogP contribution in [0.4, 0.5) is 0 Å². The van der Waals surface area contributed by atoms with Crippen molar-refractivity contribution in [3.05, 3.63) is 87.3 Å². The van der Waals surface area contributed by atoms with Gasteiger partial charge in [-0.2, -0.15) is 0 Å². The molecule has 0 spiro atoms. The summed E-state index contributed by atoms with van der Waals surface area (Å²) in [5.74, 6) is -0.483. The van der Waals surface area contributed by atoms with Gasteiger partial charge in [-0.1, -0.05) is 49.7 Å². The maximum Gasteiger partial charge on any atom is 0.345 e. The van der Waals surface area contributed by atoms with E-state index < -0.39 is 22.8 Å². The van der Waals surface area contributed by atoms with Crippen LogP contribution in [0.25, 0.3) is 22.2 Å². The number of hydrogen-bond donors (Lipinski definition) is 3. The van der Waals surface area contributed by atoms with Crippen LogP contribution in [0.3, 0.4) is 0 Å². The molecule has 0 bridgehead atoms. The third-order valence-corrected chi connectivity index (χ3v) is 9.65. The van der Waals surface area contributed by atoms with Gasteiger partial charge in [-0.05, 0) is 67.5 Å². The third-order valence-electron chi connectivity index (χ3n) is 9.65. The second kappa shape index (κ2) is 11.4. The van der Waals surface area contributed by atoms with Crippen molar-refractivity contribution in [3.8, 4) is 17.0 Å².